The number of imide groups is 1. The second kappa shape index (κ2) is 6.83. The fourth-order valence-corrected chi connectivity index (χ4v) is 2.49. The van der Waals surface area contributed by atoms with Crippen molar-refractivity contribution in [1.29, 1.82) is 0 Å². The molecular formula is C15H17BrN2O4. The van der Waals surface area contributed by atoms with E-state index in [1.165, 1.54) is 0 Å². The van der Waals surface area contributed by atoms with Crippen LogP contribution in [0.1, 0.15) is 26.3 Å². The predicted molar refractivity (Wildman–Crippen MR) is 85.7 cm³/mol. The second-order valence-electron chi connectivity index (χ2n) is 4.90. The maximum Gasteiger partial charge on any atom is 0.326 e. The average Bonchev–Trinajstić information content (AvgIpc) is 2.72. The summed E-state index contributed by atoms with van der Waals surface area (Å²) in [6, 6.07) is 3.03. The van der Waals surface area contributed by atoms with Crippen LogP contribution in [0.25, 0.3) is 6.08 Å². The SMILES string of the molecule is CCOc1cc(/C=C2/NC(=O)NC2=O)cc(Br)c1OC(C)C. The van der Waals surface area contributed by atoms with E-state index in [0.29, 0.717) is 28.1 Å². The Labute approximate surface area is 137 Å². The maximum atomic E-state index is 11.6. The van der Waals surface area contributed by atoms with Crippen LogP contribution < -0.4 is 20.1 Å². The van der Waals surface area contributed by atoms with Gasteiger partial charge in [0.25, 0.3) is 5.91 Å². The van der Waals surface area contributed by atoms with Gasteiger partial charge in [0.15, 0.2) is 11.5 Å². The van der Waals surface area contributed by atoms with Crippen LogP contribution in [0, 0.1) is 0 Å². The van der Waals surface area contributed by atoms with Crippen LogP contribution in [-0.4, -0.2) is 24.6 Å². The van der Waals surface area contributed by atoms with Crippen molar-refractivity contribution in [3.8, 4) is 11.5 Å². The van der Waals surface area contributed by atoms with Gasteiger partial charge in [0.2, 0.25) is 0 Å². The van der Waals surface area contributed by atoms with Crippen LogP contribution in [0.4, 0.5) is 4.79 Å². The first-order chi connectivity index (χ1) is 10.4. The van der Waals surface area contributed by atoms with Gasteiger partial charge in [-0.25, -0.2) is 4.79 Å². The van der Waals surface area contributed by atoms with E-state index in [1.54, 1.807) is 18.2 Å². The summed E-state index contributed by atoms with van der Waals surface area (Å²) in [5, 5.41) is 4.60. The smallest absolute Gasteiger partial charge is 0.326 e. The molecule has 0 unspecified atom stereocenters. The number of benzene rings is 1. The zero-order chi connectivity index (χ0) is 16.3. The third-order valence-electron chi connectivity index (χ3n) is 2.72. The first-order valence-corrected chi connectivity index (χ1v) is 7.67. The number of amides is 3. The Morgan fingerprint density at radius 1 is 1.27 bits per heavy atom. The number of halogens is 1. The van der Waals surface area contributed by atoms with Gasteiger partial charge < -0.3 is 14.8 Å². The van der Waals surface area contributed by atoms with Crippen LogP contribution in [0.3, 0.4) is 0 Å². The van der Waals surface area contributed by atoms with Gasteiger partial charge in [-0.15, -0.1) is 0 Å². The van der Waals surface area contributed by atoms with Gasteiger partial charge in [0, 0.05) is 0 Å². The topological polar surface area (TPSA) is 76.7 Å². The van der Waals surface area contributed by atoms with E-state index in [0.717, 1.165) is 0 Å². The Kier molecular flexibility index (Phi) is 5.07. The van der Waals surface area contributed by atoms with Gasteiger partial charge in [-0.2, -0.15) is 0 Å². The summed E-state index contributed by atoms with van der Waals surface area (Å²) >= 11 is 3.45. The average molecular weight is 369 g/mol. The minimum atomic E-state index is -0.528. The number of carbonyl (C=O) groups is 2. The number of carbonyl (C=O) groups excluding carboxylic acids is 2. The lowest BCUT2D eigenvalue weighted by Gasteiger charge is -2.17. The fraction of sp³-hybridized carbons (Fsp3) is 0.333. The van der Waals surface area contributed by atoms with Crippen LogP contribution in [0.5, 0.6) is 11.5 Å². The minimum absolute atomic E-state index is 0.000362. The van der Waals surface area contributed by atoms with Gasteiger partial charge in [-0.3, -0.25) is 10.1 Å². The van der Waals surface area contributed by atoms with Crippen molar-refractivity contribution in [2.45, 2.75) is 26.9 Å². The van der Waals surface area contributed by atoms with E-state index in [-0.39, 0.29) is 11.8 Å². The zero-order valence-corrected chi connectivity index (χ0v) is 14.1. The number of ether oxygens (including phenoxy) is 2. The number of rotatable bonds is 5. The van der Waals surface area contributed by atoms with Crippen LogP contribution in [0.15, 0.2) is 22.3 Å². The molecule has 0 radical (unpaired) electrons. The highest BCUT2D eigenvalue weighted by Gasteiger charge is 2.23. The minimum Gasteiger partial charge on any atom is -0.490 e. The highest BCUT2D eigenvalue weighted by molar-refractivity contribution is 9.10. The summed E-state index contributed by atoms with van der Waals surface area (Å²) in [4.78, 5) is 22.7. The Bertz CT molecular complexity index is 641. The summed E-state index contributed by atoms with van der Waals surface area (Å²) in [6.07, 6.45) is 1.58. The first kappa shape index (κ1) is 16.4. The number of hydrogen-bond acceptors (Lipinski definition) is 4. The summed E-state index contributed by atoms with van der Waals surface area (Å²) in [5.41, 5.74) is 0.899. The normalized spacial score (nSPS) is 16.0. The van der Waals surface area contributed by atoms with Crippen molar-refractivity contribution in [3.63, 3.8) is 0 Å². The quantitative estimate of drug-likeness (QED) is 0.618. The Hall–Kier alpha value is -2.02. The van der Waals surface area contributed by atoms with Crippen molar-refractivity contribution in [3.05, 3.63) is 27.9 Å². The molecule has 22 heavy (non-hydrogen) atoms. The lowest BCUT2D eigenvalue weighted by molar-refractivity contribution is -0.115. The lowest BCUT2D eigenvalue weighted by atomic mass is 10.1. The molecule has 1 aromatic carbocycles. The zero-order valence-electron chi connectivity index (χ0n) is 12.5. The third-order valence-corrected chi connectivity index (χ3v) is 3.31. The summed E-state index contributed by atoms with van der Waals surface area (Å²) in [7, 11) is 0. The standard InChI is InChI=1S/C15H17BrN2O4/c1-4-21-12-7-9(5-10(16)13(12)22-8(2)3)6-11-14(19)18-15(20)17-11/h5-8H,4H2,1-3H3,(H2,17,18,19,20)/b11-6+. The molecule has 1 aromatic rings. The van der Waals surface area contributed by atoms with Crippen molar-refractivity contribution < 1.29 is 19.1 Å². The largest absolute Gasteiger partial charge is 0.490 e. The van der Waals surface area contributed by atoms with Crippen molar-refractivity contribution in [2.75, 3.05) is 6.61 Å². The highest BCUT2D eigenvalue weighted by Crippen LogP contribution is 2.38. The molecule has 0 atom stereocenters. The van der Waals surface area contributed by atoms with E-state index >= 15 is 0 Å². The Balaban J connectivity index is 2.40. The van der Waals surface area contributed by atoms with Crippen molar-refractivity contribution >= 4 is 33.9 Å². The lowest BCUT2D eigenvalue weighted by Crippen LogP contribution is -2.22. The molecule has 0 saturated carbocycles. The fourth-order valence-electron chi connectivity index (χ4n) is 1.93. The van der Waals surface area contributed by atoms with E-state index in [2.05, 4.69) is 26.6 Å². The molecule has 1 aliphatic heterocycles. The van der Waals surface area contributed by atoms with E-state index in [9.17, 15) is 9.59 Å². The van der Waals surface area contributed by atoms with Crippen molar-refractivity contribution in [2.24, 2.45) is 0 Å². The number of hydrogen-bond donors (Lipinski definition) is 2. The molecule has 3 amide bonds. The van der Waals surface area contributed by atoms with Gasteiger partial charge >= 0.3 is 6.03 Å². The maximum absolute atomic E-state index is 11.6. The number of urea groups is 1. The van der Waals surface area contributed by atoms with Gasteiger partial charge in [0.05, 0.1) is 17.2 Å². The third kappa shape index (κ3) is 3.79. The monoisotopic (exact) mass is 368 g/mol. The molecule has 0 spiro atoms. The molecule has 0 aliphatic carbocycles. The van der Waals surface area contributed by atoms with Crippen LogP contribution in [-0.2, 0) is 4.79 Å². The number of nitrogens with one attached hydrogen (secondary N) is 2. The molecule has 118 valence electrons. The van der Waals surface area contributed by atoms with Crippen LogP contribution >= 0.6 is 15.9 Å². The first-order valence-electron chi connectivity index (χ1n) is 6.87. The van der Waals surface area contributed by atoms with Gasteiger partial charge in [-0.05, 0) is 60.5 Å². The van der Waals surface area contributed by atoms with Gasteiger partial charge in [-0.1, -0.05) is 0 Å². The Morgan fingerprint density at radius 3 is 2.55 bits per heavy atom. The molecule has 0 aromatic heterocycles. The van der Waals surface area contributed by atoms with Crippen molar-refractivity contribution in [1.82, 2.24) is 10.6 Å². The second-order valence-corrected chi connectivity index (χ2v) is 5.75. The van der Waals surface area contributed by atoms with E-state index in [1.807, 2.05) is 20.8 Å². The summed E-state index contributed by atoms with van der Waals surface area (Å²) < 4.78 is 12.1. The molecule has 6 nitrogen and oxygen atoms in total. The van der Waals surface area contributed by atoms with Gasteiger partial charge in [0.1, 0.15) is 5.70 Å². The molecule has 1 heterocycles. The molecule has 2 N–H and O–H groups in total. The molecule has 1 saturated heterocycles. The molecule has 2 rings (SSSR count). The molecule has 1 fully saturated rings. The molecule has 0 bridgehead atoms. The molecular weight excluding hydrogens is 352 g/mol. The summed E-state index contributed by atoms with van der Waals surface area (Å²) in [5.74, 6) is 0.725. The Morgan fingerprint density at radius 2 is 2.00 bits per heavy atom. The van der Waals surface area contributed by atoms with E-state index < -0.39 is 11.9 Å². The van der Waals surface area contributed by atoms with E-state index in [4.69, 9.17) is 9.47 Å². The predicted octanol–water partition coefficient (Wildman–Crippen LogP) is 2.82. The van der Waals surface area contributed by atoms with Crippen LogP contribution in [0.2, 0.25) is 0 Å². The molecule has 1 aliphatic rings. The molecule has 7 heteroatoms. The summed E-state index contributed by atoms with van der Waals surface area (Å²) in [6.45, 7) is 6.22. The highest BCUT2D eigenvalue weighted by atomic mass is 79.9.